The highest BCUT2D eigenvalue weighted by molar-refractivity contribution is 8.00. The maximum atomic E-state index is 3.61. The molecule has 2 fully saturated rings. The van der Waals surface area contributed by atoms with E-state index in [1.807, 2.05) is 0 Å². The molecule has 0 aromatic rings. The van der Waals surface area contributed by atoms with Crippen LogP contribution in [-0.4, -0.2) is 23.1 Å². The van der Waals surface area contributed by atoms with Gasteiger partial charge in [0.05, 0.1) is 0 Å². The van der Waals surface area contributed by atoms with E-state index in [0.717, 1.165) is 29.0 Å². The fourth-order valence-electron chi connectivity index (χ4n) is 3.31. The van der Waals surface area contributed by atoms with Gasteiger partial charge in [0.25, 0.3) is 0 Å². The van der Waals surface area contributed by atoms with Gasteiger partial charge in [-0.1, -0.05) is 26.7 Å². The summed E-state index contributed by atoms with van der Waals surface area (Å²) in [5, 5.41) is 5.55. The second-order valence-corrected chi connectivity index (χ2v) is 7.33. The summed E-state index contributed by atoms with van der Waals surface area (Å²) in [5.74, 6) is 0.984. The van der Waals surface area contributed by atoms with Crippen molar-refractivity contribution in [3.63, 3.8) is 0 Å². The van der Waals surface area contributed by atoms with Gasteiger partial charge < -0.3 is 5.32 Å². The van der Waals surface area contributed by atoms with Crippen molar-refractivity contribution in [2.24, 2.45) is 5.92 Å². The van der Waals surface area contributed by atoms with E-state index in [2.05, 4.69) is 30.9 Å². The molecule has 0 radical (unpaired) electrons. The quantitative estimate of drug-likeness (QED) is 0.803. The predicted molar refractivity (Wildman–Crippen MR) is 74.1 cm³/mol. The van der Waals surface area contributed by atoms with Crippen LogP contribution in [0.5, 0.6) is 0 Å². The van der Waals surface area contributed by atoms with Gasteiger partial charge in [-0.25, -0.2) is 0 Å². The van der Waals surface area contributed by atoms with Crippen molar-refractivity contribution in [3.05, 3.63) is 0 Å². The molecule has 2 aliphatic carbocycles. The van der Waals surface area contributed by atoms with Crippen LogP contribution in [0.2, 0.25) is 0 Å². The molecule has 16 heavy (non-hydrogen) atoms. The molecule has 94 valence electrons. The summed E-state index contributed by atoms with van der Waals surface area (Å²) >= 11 is 2.32. The van der Waals surface area contributed by atoms with E-state index >= 15 is 0 Å². The molecule has 2 heteroatoms. The van der Waals surface area contributed by atoms with Crippen LogP contribution in [0.1, 0.15) is 58.8 Å². The summed E-state index contributed by atoms with van der Waals surface area (Å²) in [6, 6.07) is 0.823. The molecule has 1 N–H and O–H groups in total. The minimum absolute atomic E-state index is 0.823. The highest BCUT2D eigenvalue weighted by Crippen LogP contribution is 2.39. The third kappa shape index (κ3) is 3.66. The summed E-state index contributed by atoms with van der Waals surface area (Å²) in [5.41, 5.74) is 0. The number of thioether (sulfide) groups is 1. The molecule has 2 saturated carbocycles. The van der Waals surface area contributed by atoms with Crippen LogP contribution < -0.4 is 5.32 Å². The van der Waals surface area contributed by atoms with Crippen LogP contribution >= 0.6 is 11.8 Å². The molecule has 0 amide bonds. The molecule has 4 unspecified atom stereocenters. The van der Waals surface area contributed by atoms with Crippen LogP contribution in [0.15, 0.2) is 0 Å². The maximum absolute atomic E-state index is 3.61. The second kappa shape index (κ2) is 6.30. The SMILES string of the molecule is CCNC1CCC(SC2CCCC(C)C2)C1. The topological polar surface area (TPSA) is 12.0 Å². The number of hydrogen-bond acceptors (Lipinski definition) is 2. The van der Waals surface area contributed by atoms with Crippen LogP contribution in [0.4, 0.5) is 0 Å². The first-order valence-electron chi connectivity index (χ1n) is 7.16. The predicted octanol–water partition coefficient (Wildman–Crippen LogP) is 3.83. The first-order valence-corrected chi connectivity index (χ1v) is 8.11. The molecule has 0 saturated heterocycles. The fourth-order valence-corrected chi connectivity index (χ4v) is 5.21. The van der Waals surface area contributed by atoms with Gasteiger partial charge in [0, 0.05) is 16.5 Å². The lowest BCUT2D eigenvalue weighted by molar-refractivity contribution is 0.393. The Kier molecular flexibility index (Phi) is 5.02. The third-order valence-electron chi connectivity index (χ3n) is 4.15. The minimum atomic E-state index is 0.823. The highest BCUT2D eigenvalue weighted by Gasteiger charge is 2.28. The minimum Gasteiger partial charge on any atom is -0.314 e. The Labute approximate surface area is 105 Å². The van der Waals surface area contributed by atoms with Crippen molar-refractivity contribution in [3.8, 4) is 0 Å². The number of rotatable bonds is 4. The van der Waals surface area contributed by atoms with E-state index in [1.165, 1.54) is 44.9 Å². The van der Waals surface area contributed by atoms with Gasteiger partial charge in [-0.05, 0) is 44.6 Å². The molecule has 1 nitrogen and oxygen atoms in total. The Morgan fingerprint density at radius 2 is 1.88 bits per heavy atom. The molecule has 0 spiro atoms. The second-order valence-electron chi connectivity index (χ2n) is 5.72. The zero-order valence-electron chi connectivity index (χ0n) is 10.9. The van der Waals surface area contributed by atoms with Gasteiger partial charge in [-0.2, -0.15) is 11.8 Å². The van der Waals surface area contributed by atoms with E-state index in [0.29, 0.717) is 0 Å². The smallest absolute Gasteiger partial charge is 0.00778 e. The largest absolute Gasteiger partial charge is 0.314 e. The van der Waals surface area contributed by atoms with Gasteiger partial charge in [0.15, 0.2) is 0 Å². The summed E-state index contributed by atoms with van der Waals surface area (Å²) < 4.78 is 0. The van der Waals surface area contributed by atoms with Gasteiger partial charge in [0.1, 0.15) is 0 Å². The normalized spacial score (nSPS) is 40.1. The van der Waals surface area contributed by atoms with E-state index in [1.54, 1.807) is 0 Å². The van der Waals surface area contributed by atoms with Crippen molar-refractivity contribution in [2.45, 2.75) is 75.3 Å². The molecule has 4 atom stereocenters. The van der Waals surface area contributed by atoms with Crippen molar-refractivity contribution in [2.75, 3.05) is 6.54 Å². The van der Waals surface area contributed by atoms with E-state index in [-0.39, 0.29) is 0 Å². The standard InChI is InChI=1S/C14H27NS/c1-3-15-12-7-8-14(10-12)16-13-6-4-5-11(2)9-13/h11-15H,3-10H2,1-2H3. The van der Waals surface area contributed by atoms with E-state index < -0.39 is 0 Å². The fraction of sp³-hybridized carbons (Fsp3) is 1.00. The lowest BCUT2D eigenvalue weighted by Crippen LogP contribution is -2.26. The molecule has 0 heterocycles. The van der Waals surface area contributed by atoms with Crippen molar-refractivity contribution in [1.82, 2.24) is 5.32 Å². The first kappa shape index (κ1) is 12.8. The van der Waals surface area contributed by atoms with Crippen LogP contribution in [0.25, 0.3) is 0 Å². The van der Waals surface area contributed by atoms with Crippen LogP contribution in [0.3, 0.4) is 0 Å². The Balaban J connectivity index is 1.70. The molecule has 0 bridgehead atoms. The van der Waals surface area contributed by atoms with Crippen molar-refractivity contribution >= 4 is 11.8 Å². The monoisotopic (exact) mass is 241 g/mol. The third-order valence-corrected chi connectivity index (χ3v) is 5.78. The molecule has 0 aliphatic heterocycles. The first-order chi connectivity index (χ1) is 7.78. The van der Waals surface area contributed by atoms with E-state index in [4.69, 9.17) is 0 Å². The summed E-state index contributed by atoms with van der Waals surface area (Å²) in [7, 11) is 0. The van der Waals surface area contributed by atoms with Gasteiger partial charge in [-0.3, -0.25) is 0 Å². The average Bonchev–Trinajstić information content (AvgIpc) is 2.66. The van der Waals surface area contributed by atoms with Crippen molar-refractivity contribution < 1.29 is 0 Å². The van der Waals surface area contributed by atoms with Crippen molar-refractivity contribution in [1.29, 1.82) is 0 Å². The zero-order valence-corrected chi connectivity index (χ0v) is 11.7. The molecule has 0 aromatic carbocycles. The average molecular weight is 241 g/mol. The zero-order chi connectivity index (χ0) is 11.4. The lowest BCUT2D eigenvalue weighted by atomic mass is 9.91. The Bertz CT molecular complexity index is 207. The number of nitrogens with one attached hydrogen (secondary N) is 1. The van der Waals surface area contributed by atoms with Crippen LogP contribution in [-0.2, 0) is 0 Å². The lowest BCUT2D eigenvalue weighted by Gasteiger charge is -2.28. The highest BCUT2D eigenvalue weighted by atomic mass is 32.2. The molecular formula is C14H27NS. The van der Waals surface area contributed by atoms with Gasteiger partial charge in [-0.15, -0.1) is 0 Å². The Morgan fingerprint density at radius 3 is 2.62 bits per heavy atom. The molecule has 0 aromatic heterocycles. The van der Waals surface area contributed by atoms with Crippen LogP contribution in [0, 0.1) is 5.92 Å². The Hall–Kier alpha value is 0.310. The Morgan fingerprint density at radius 1 is 1.06 bits per heavy atom. The summed E-state index contributed by atoms with van der Waals surface area (Å²) in [4.78, 5) is 0. The molecule has 2 aliphatic rings. The van der Waals surface area contributed by atoms with Gasteiger partial charge >= 0.3 is 0 Å². The number of hydrogen-bond donors (Lipinski definition) is 1. The summed E-state index contributed by atoms with van der Waals surface area (Å²) in [6.07, 6.45) is 10.2. The van der Waals surface area contributed by atoms with Gasteiger partial charge in [0.2, 0.25) is 0 Å². The summed E-state index contributed by atoms with van der Waals surface area (Å²) in [6.45, 7) is 5.80. The molecular weight excluding hydrogens is 214 g/mol. The maximum Gasteiger partial charge on any atom is 0.00778 e. The molecule has 2 rings (SSSR count). The van der Waals surface area contributed by atoms with E-state index in [9.17, 15) is 0 Å².